The van der Waals surface area contributed by atoms with E-state index >= 15 is 0 Å². The number of hydrogen-bond donors (Lipinski definition) is 0. The largest absolute Gasteiger partial charge is 0.494 e. The van der Waals surface area contributed by atoms with E-state index in [1.807, 2.05) is 0 Å². The van der Waals surface area contributed by atoms with Gasteiger partial charge in [-0.15, -0.1) is 0 Å². The maximum absolute atomic E-state index is 13.6. The van der Waals surface area contributed by atoms with Gasteiger partial charge in [-0.1, -0.05) is 36.8 Å². The molecule has 0 saturated carbocycles. The van der Waals surface area contributed by atoms with Gasteiger partial charge in [-0.2, -0.15) is 9.97 Å². The Morgan fingerprint density at radius 2 is 1.78 bits per heavy atom. The average Bonchev–Trinajstić information content (AvgIpc) is 3.27. The highest BCUT2D eigenvalue weighted by Crippen LogP contribution is 2.39. The molecule has 3 rings (SSSR count). The molecule has 32 heavy (non-hydrogen) atoms. The van der Waals surface area contributed by atoms with Crippen LogP contribution in [0, 0.1) is 0 Å². The number of halogens is 1. The Labute approximate surface area is 195 Å². The van der Waals surface area contributed by atoms with Gasteiger partial charge < -0.3 is 19.1 Å². The molecule has 0 radical (unpaired) electrons. The number of carbonyl (C=O) groups excluding carboxylic acids is 1. The monoisotopic (exact) mass is 479 g/mol. The van der Waals surface area contributed by atoms with Crippen LogP contribution >= 0.6 is 22.9 Å². The number of thiazole rings is 1. The fourth-order valence-electron chi connectivity index (χ4n) is 3.13. The van der Waals surface area contributed by atoms with Crippen molar-refractivity contribution in [2.45, 2.75) is 13.8 Å². The summed E-state index contributed by atoms with van der Waals surface area (Å²) in [7, 11) is 4.48. The Kier molecular flexibility index (Phi) is 8.05. The molecule has 2 aromatic heterocycles. The first kappa shape index (κ1) is 24.0. The minimum absolute atomic E-state index is 0.0467. The van der Waals surface area contributed by atoms with E-state index in [0.29, 0.717) is 34.5 Å². The summed E-state index contributed by atoms with van der Waals surface area (Å²) in [6, 6.07) is 5.05. The van der Waals surface area contributed by atoms with Gasteiger partial charge in [-0.25, -0.2) is 4.98 Å². The molecule has 1 aromatic carbocycles. The number of likely N-dealkylation sites (N-methyl/N-ethyl adjacent to an activating group) is 1. The summed E-state index contributed by atoms with van der Waals surface area (Å²) < 4.78 is 16.5. The van der Waals surface area contributed by atoms with Gasteiger partial charge in [0.2, 0.25) is 5.88 Å². The van der Waals surface area contributed by atoms with Crippen molar-refractivity contribution in [2.24, 2.45) is 0 Å². The third kappa shape index (κ3) is 5.03. The Bertz CT molecular complexity index is 1070. The van der Waals surface area contributed by atoms with E-state index in [2.05, 4.69) is 28.7 Å². The summed E-state index contributed by atoms with van der Waals surface area (Å²) in [6.45, 7) is 6.98. The molecule has 0 saturated heterocycles. The number of fused-ring (bicyclic) bond motifs is 1. The van der Waals surface area contributed by atoms with Crippen LogP contribution in [0.15, 0.2) is 18.2 Å². The molecule has 11 heteroatoms. The summed E-state index contributed by atoms with van der Waals surface area (Å²) in [4.78, 5) is 30.4. The Morgan fingerprint density at radius 3 is 2.41 bits per heavy atom. The van der Waals surface area contributed by atoms with Gasteiger partial charge in [0.1, 0.15) is 17.0 Å². The van der Waals surface area contributed by atoms with Crippen molar-refractivity contribution >= 4 is 44.2 Å². The third-order valence-corrected chi connectivity index (χ3v) is 6.51. The number of rotatable bonds is 10. The van der Waals surface area contributed by atoms with Gasteiger partial charge in [0, 0.05) is 19.2 Å². The molecule has 0 atom stereocenters. The molecular weight excluding hydrogens is 454 g/mol. The smallest absolute Gasteiger partial charge is 0.320 e. The van der Waals surface area contributed by atoms with E-state index in [1.54, 1.807) is 24.1 Å². The number of carbonyl (C=O) groups is 1. The highest BCUT2D eigenvalue weighted by atomic mass is 35.5. The van der Waals surface area contributed by atoms with Crippen molar-refractivity contribution in [1.82, 2.24) is 19.9 Å². The van der Waals surface area contributed by atoms with Crippen molar-refractivity contribution in [3.05, 3.63) is 28.9 Å². The fraction of sp³-hybridized carbons (Fsp3) is 0.429. The third-order valence-electron chi connectivity index (χ3n) is 4.97. The first-order valence-electron chi connectivity index (χ1n) is 10.1. The maximum atomic E-state index is 13.6. The average molecular weight is 480 g/mol. The van der Waals surface area contributed by atoms with Crippen LogP contribution in [0.5, 0.6) is 17.6 Å². The zero-order chi connectivity index (χ0) is 23.3. The van der Waals surface area contributed by atoms with Gasteiger partial charge in [-0.05, 0) is 25.2 Å². The standard InChI is InChI=1S/C21H26ClN5O4S/c1-6-26(7-2)10-11-27(19(28)14-12-16(30-4)24-20(23-14)31-5)21-25-17-15(29-3)9-8-13(22)18(17)32-21/h8-9,12H,6-7,10-11H2,1-5H3. The number of nitrogens with zero attached hydrogens (tertiary/aromatic N) is 5. The molecule has 0 aliphatic rings. The minimum atomic E-state index is -0.342. The zero-order valence-electron chi connectivity index (χ0n) is 18.7. The minimum Gasteiger partial charge on any atom is -0.494 e. The maximum Gasteiger partial charge on any atom is 0.320 e. The molecule has 0 N–H and O–H groups in total. The molecule has 0 bridgehead atoms. The molecule has 1 amide bonds. The Hall–Kier alpha value is -2.69. The van der Waals surface area contributed by atoms with Crippen LogP contribution in [0.25, 0.3) is 10.2 Å². The molecule has 0 unspecified atom stereocenters. The number of ether oxygens (including phenoxy) is 3. The van der Waals surface area contributed by atoms with Crippen molar-refractivity contribution in [1.29, 1.82) is 0 Å². The van der Waals surface area contributed by atoms with Crippen LogP contribution in [-0.4, -0.2) is 73.3 Å². The summed E-state index contributed by atoms with van der Waals surface area (Å²) in [5.41, 5.74) is 0.754. The van der Waals surface area contributed by atoms with Crippen LogP contribution in [0.1, 0.15) is 24.3 Å². The Balaban J connectivity index is 2.07. The number of methoxy groups -OCH3 is 3. The second-order valence-corrected chi connectivity index (χ2v) is 8.07. The molecule has 172 valence electrons. The lowest BCUT2D eigenvalue weighted by Crippen LogP contribution is -2.39. The van der Waals surface area contributed by atoms with E-state index in [0.717, 1.165) is 17.8 Å². The van der Waals surface area contributed by atoms with Crippen LogP contribution in [0.4, 0.5) is 5.13 Å². The van der Waals surface area contributed by atoms with Crippen LogP contribution < -0.4 is 19.1 Å². The number of aromatic nitrogens is 3. The van der Waals surface area contributed by atoms with E-state index in [1.165, 1.54) is 31.6 Å². The lowest BCUT2D eigenvalue weighted by molar-refractivity contribution is 0.0977. The van der Waals surface area contributed by atoms with Gasteiger partial charge >= 0.3 is 6.01 Å². The van der Waals surface area contributed by atoms with E-state index in [9.17, 15) is 4.79 Å². The van der Waals surface area contributed by atoms with E-state index in [4.69, 9.17) is 30.8 Å². The van der Waals surface area contributed by atoms with E-state index in [-0.39, 0.29) is 23.5 Å². The lowest BCUT2D eigenvalue weighted by Gasteiger charge is -2.24. The first-order chi connectivity index (χ1) is 15.4. The normalized spacial score (nSPS) is 11.1. The SMILES string of the molecule is CCN(CC)CCN(C(=O)c1cc(OC)nc(OC)n1)c1nc2c(OC)ccc(Cl)c2s1. The van der Waals surface area contributed by atoms with E-state index < -0.39 is 0 Å². The molecule has 9 nitrogen and oxygen atoms in total. The quantitative estimate of drug-likeness (QED) is 0.434. The van der Waals surface area contributed by atoms with Gasteiger partial charge in [0.15, 0.2) is 5.13 Å². The second kappa shape index (κ2) is 10.8. The summed E-state index contributed by atoms with van der Waals surface area (Å²) >= 11 is 7.73. The van der Waals surface area contributed by atoms with Crippen molar-refractivity contribution in [3.8, 4) is 17.6 Å². The predicted molar refractivity (Wildman–Crippen MR) is 126 cm³/mol. The summed E-state index contributed by atoms with van der Waals surface area (Å²) in [5, 5.41) is 1.05. The fourth-order valence-corrected chi connectivity index (χ4v) is 4.41. The predicted octanol–water partition coefficient (Wildman–Crippen LogP) is 3.75. The highest BCUT2D eigenvalue weighted by molar-refractivity contribution is 7.23. The molecule has 3 aromatic rings. The molecule has 0 spiro atoms. The van der Waals surface area contributed by atoms with Crippen molar-refractivity contribution in [3.63, 3.8) is 0 Å². The molecule has 0 fully saturated rings. The lowest BCUT2D eigenvalue weighted by atomic mass is 10.3. The van der Waals surface area contributed by atoms with Gasteiger partial charge in [0.25, 0.3) is 5.91 Å². The van der Waals surface area contributed by atoms with Crippen molar-refractivity contribution < 1.29 is 19.0 Å². The molecule has 0 aliphatic heterocycles. The van der Waals surface area contributed by atoms with Gasteiger partial charge in [-0.3, -0.25) is 9.69 Å². The molecule has 2 heterocycles. The van der Waals surface area contributed by atoms with Crippen LogP contribution in [0.2, 0.25) is 5.02 Å². The van der Waals surface area contributed by atoms with Crippen LogP contribution in [0.3, 0.4) is 0 Å². The zero-order valence-corrected chi connectivity index (χ0v) is 20.3. The second-order valence-electron chi connectivity index (χ2n) is 6.69. The number of hydrogen-bond acceptors (Lipinski definition) is 9. The van der Waals surface area contributed by atoms with Gasteiger partial charge in [0.05, 0.1) is 31.1 Å². The summed E-state index contributed by atoms with van der Waals surface area (Å²) in [6.07, 6.45) is 0. The van der Waals surface area contributed by atoms with Crippen molar-refractivity contribution in [2.75, 3.05) is 52.4 Å². The number of benzene rings is 1. The first-order valence-corrected chi connectivity index (χ1v) is 11.3. The number of amides is 1. The summed E-state index contributed by atoms with van der Waals surface area (Å²) in [5.74, 6) is 0.483. The topological polar surface area (TPSA) is 89.9 Å². The Morgan fingerprint density at radius 1 is 1.03 bits per heavy atom. The molecule has 0 aliphatic carbocycles. The van der Waals surface area contributed by atoms with Crippen LogP contribution in [-0.2, 0) is 0 Å². The number of anilines is 1. The highest BCUT2D eigenvalue weighted by Gasteiger charge is 2.26. The molecular formula is C21H26ClN5O4S.